The molecule has 0 saturated heterocycles. The SMILES string of the molecule is O=C(CN1C(C(=O)c2ccccc2)=C(Nc2ccccn2)c2ccccc2S1(=O)=O)c1ccc([N+](=O)[O-])cc1. The van der Waals surface area contributed by atoms with Gasteiger partial charge >= 0.3 is 0 Å². The number of allylic oxidation sites excluding steroid dienone is 1. The Kier molecular flexibility index (Phi) is 6.73. The molecule has 5 rings (SSSR count). The van der Waals surface area contributed by atoms with Crippen LogP contribution in [0.15, 0.2) is 114 Å². The molecule has 0 atom stereocenters. The second-order valence-corrected chi connectivity index (χ2v) is 10.3. The van der Waals surface area contributed by atoms with Gasteiger partial charge in [0.05, 0.1) is 22.1 Å². The summed E-state index contributed by atoms with van der Waals surface area (Å²) in [5.41, 5.74) is 0.232. The molecular weight excluding hydrogens is 520 g/mol. The summed E-state index contributed by atoms with van der Waals surface area (Å²) in [7, 11) is -4.37. The molecule has 0 saturated carbocycles. The zero-order valence-corrected chi connectivity index (χ0v) is 21.0. The van der Waals surface area contributed by atoms with Crippen molar-refractivity contribution in [1.29, 1.82) is 0 Å². The van der Waals surface area contributed by atoms with Gasteiger partial charge in [0.25, 0.3) is 15.7 Å². The highest BCUT2D eigenvalue weighted by molar-refractivity contribution is 7.89. The number of carbonyl (C=O) groups is 2. The summed E-state index contributed by atoms with van der Waals surface area (Å²) in [5, 5.41) is 14.1. The molecule has 4 aromatic rings. The maximum atomic E-state index is 13.9. The summed E-state index contributed by atoms with van der Waals surface area (Å²) in [6, 6.07) is 24.2. The van der Waals surface area contributed by atoms with Crippen molar-refractivity contribution in [2.24, 2.45) is 0 Å². The molecule has 1 aromatic heterocycles. The molecule has 1 N–H and O–H groups in total. The number of benzene rings is 3. The number of ketones is 2. The van der Waals surface area contributed by atoms with E-state index < -0.39 is 33.1 Å². The second kappa shape index (κ2) is 10.3. The topological polar surface area (TPSA) is 140 Å². The average molecular weight is 541 g/mol. The van der Waals surface area contributed by atoms with Crippen LogP contribution in [0, 0.1) is 10.1 Å². The van der Waals surface area contributed by atoms with E-state index in [1.165, 1.54) is 18.2 Å². The van der Waals surface area contributed by atoms with Gasteiger partial charge in [-0.1, -0.05) is 54.6 Å². The van der Waals surface area contributed by atoms with Gasteiger partial charge < -0.3 is 5.32 Å². The van der Waals surface area contributed by atoms with Crippen molar-refractivity contribution in [3.05, 3.63) is 136 Å². The summed E-state index contributed by atoms with van der Waals surface area (Å²) in [5.74, 6) is -0.909. The van der Waals surface area contributed by atoms with Crippen LogP contribution in [-0.2, 0) is 10.0 Å². The quantitative estimate of drug-likeness (QED) is 0.195. The molecule has 1 aliphatic heterocycles. The Morgan fingerprint density at radius 1 is 0.846 bits per heavy atom. The number of anilines is 1. The van der Waals surface area contributed by atoms with Gasteiger partial charge in [-0.25, -0.2) is 13.4 Å². The van der Waals surface area contributed by atoms with Gasteiger partial charge in [-0.3, -0.25) is 24.0 Å². The highest BCUT2D eigenvalue weighted by Gasteiger charge is 2.41. The minimum absolute atomic E-state index is 0.0559. The predicted molar refractivity (Wildman–Crippen MR) is 143 cm³/mol. The molecule has 0 unspecified atom stereocenters. The second-order valence-electron chi connectivity index (χ2n) is 8.49. The number of nitro benzene ring substituents is 1. The Morgan fingerprint density at radius 3 is 2.18 bits per heavy atom. The summed E-state index contributed by atoms with van der Waals surface area (Å²) in [6.45, 7) is -0.713. The number of nitro groups is 1. The first kappa shape index (κ1) is 25.5. The molecule has 1 aliphatic rings. The fourth-order valence-electron chi connectivity index (χ4n) is 4.19. The summed E-state index contributed by atoms with van der Waals surface area (Å²) >= 11 is 0. The number of nitrogens with zero attached hydrogens (tertiary/aromatic N) is 3. The van der Waals surface area contributed by atoms with Gasteiger partial charge in [0.15, 0.2) is 5.78 Å². The zero-order valence-electron chi connectivity index (χ0n) is 20.2. The van der Waals surface area contributed by atoms with Gasteiger partial charge in [-0.15, -0.1) is 0 Å². The first-order valence-corrected chi connectivity index (χ1v) is 13.1. The Balaban J connectivity index is 1.69. The van der Waals surface area contributed by atoms with Crippen molar-refractivity contribution < 1.29 is 22.9 Å². The molecule has 194 valence electrons. The lowest BCUT2D eigenvalue weighted by molar-refractivity contribution is -0.384. The number of pyridine rings is 1. The Bertz CT molecular complexity index is 1720. The van der Waals surface area contributed by atoms with E-state index in [1.54, 1.807) is 72.9 Å². The monoisotopic (exact) mass is 540 g/mol. The normalized spacial score (nSPS) is 13.9. The van der Waals surface area contributed by atoms with E-state index in [9.17, 15) is 28.1 Å². The van der Waals surface area contributed by atoms with E-state index in [0.717, 1.165) is 16.4 Å². The number of carbonyl (C=O) groups excluding carboxylic acids is 2. The van der Waals surface area contributed by atoms with Crippen LogP contribution >= 0.6 is 0 Å². The highest BCUT2D eigenvalue weighted by Crippen LogP contribution is 2.38. The molecule has 2 heterocycles. The van der Waals surface area contributed by atoms with Gasteiger partial charge in [0.2, 0.25) is 5.78 Å². The third-order valence-electron chi connectivity index (χ3n) is 6.07. The number of rotatable bonds is 8. The highest BCUT2D eigenvalue weighted by atomic mass is 32.2. The number of nitrogens with one attached hydrogen (secondary N) is 1. The van der Waals surface area contributed by atoms with E-state index in [4.69, 9.17) is 0 Å². The smallest absolute Gasteiger partial charge is 0.269 e. The third-order valence-corrected chi connectivity index (χ3v) is 7.87. The van der Waals surface area contributed by atoms with E-state index in [0.29, 0.717) is 5.82 Å². The van der Waals surface area contributed by atoms with Gasteiger partial charge in [0.1, 0.15) is 11.5 Å². The lowest BCUT2D eigenvalue weighted by Gasteiger charge is -2.33. The van der Waals surface area contributed by atoms with Crippen LogP contribution in [0.1, 0.15) is 26.3 Å². The maximum Gasteiger partial charge on any atom is 0.269 e. The van der Waals surface area contributed by atoms with E-state index in [1.807, 2.05) is 0 Å². The lowest BCUT2D eigenvalue weighted by Crippen LogP contribution is -2.42. The van der Waals surface area contributed by atoms with Crippen molar-refractivity contribution in [3.63, 3.8) is 0 Å². The number of fused-ring (bicyclic) bond motifs is 1. The first-order chi connectivity index (χ1) is 18.8. The standard InChI is InChI=1S/C28H20N4O6S/c33-23(19-13-15-21(16-14-19)32(35)36)18-31-27(28(34)20-8-2-1-3-9-20)26(30-25-12-6-7-17-29-25)22-10-4-5-11-24(22)39(31,37)38/h1-17H,18H2,(H,29,30). The van der Waals surface area contributed by atoms with Crippen LogP contribution in [0.3, 0.4) is 0 Å². The van der Waals surface area contributed by atoms with E-state index in [2.05, 4.69) is 10.3 Å². The Hall–Kier alpha value is -5.16. The lowest BCUT2D eigenvalue weighted by atomic mass is 10.0. The zero-order chi connectivity index (χ0) is 27.6. The predicted octanol–water partition coefficient (Wildman–Crippen LogP) is 4.54. The molecule has 0 spiro atoms. The molecule has 0 fully saturated rings. The molecule has 3 aromatic carbocycles. The van der Waals surface area contributed by atoms with Gasteiger partial charge in [0, 0.05) is 35.0 Å². The fourth-order valence-corrected chi connectivity index (χ4v) is 5.83. The number of hydrogen-bond acceptors (Lipinski definition) is 8. The van der Waals surface area contributed by atoms with E-state index >= 15 is 0 Å². The van der Waals surface area contributed by atoms with Crippen LogP contribution in [0.4, 0.5) is 11.5 Å². The van der Waals surface area contributed by atoms with Crippen LogP contribution < -0.4 is 5.32 Å². The Morgan fingerprint density at radius 2 is 1.51 bits per heavy atom. The molecule has 39 heavy (non-hydrogen) atoms. The average Bonchev–Trinajstić information content (AvgIpc) is 2.96. The molecule has 0 bridgehead atoms. The summed E-state index contributed by atoms with van der Waals surface area (Å²) < 4.78 is 28.6. The summed E-state index contributed by atoms with van der Waals surface area (Å²) in [6.07, 6.45) is 1.54. The molecule has 0 amide bonds. The number of sulfonamides is 1. The fraction of sp³-hybridized carbons (Fsp3) is 0.0357. The minimum atomic E-state index is -4.37. The number of non-ortho nitro benzene ring substituents is 1. The minimum Gasteiger partial charge on any atom is -0.338 e. The largest absolute Gasteiger partial charge is 0.338 e. The summed E-state index contributed by atoms with van der Waals surface area (Å²) in [4.78, 5) is 41.8. The number of aromatic nitrogens is 1. The van der Waals surface area contributed by atoms with Crippen LogP contribution in [0.2, 0.25) is 0 Å². The maximum absolute atomic E-state index is 13.9. The number of Topliss-reactive ketones (excluding diaryl/α,β-unsaturated/α-hetero) is 2. The van der Waals surface area contributed by atoms with Crippen molar-refractivity contribution in [3.8, 4) is 0 Å². The van der Waals surface area contributed by atoms with Crippen molar-refractivity contribution in [2.75, 3.05) is 11.9 Å². The van der Waals surface area contributed by atoms with Gasteiger partial charge in [-0.05, 0) is 30.3 Å². The van der Waals surface area contributed by atoms with Gasteiger partial charge in [-0.2, -0.15) is 0 Å². The van der Waals surface area contributed by atoms with Crippen LogP contribution in [-0.4, -0.2) is 40.7 Å². The van der Waals surface area contributed by atoms with E-state index in [-0.39, 0.29) is 38.7 Å². The molecule has 10 nitrogen and oxygen atoms in total. The third kappa shape index (κ3) is 4.90. The first-order valence-electron chi connectivity index (χ1n) is 11.7. The molecule has 0 aliphatic carbocycles. The van der Waals surface area contributed by atoms with Crippen molar-refractivity contribution in [1.82, 2.24) is 9.29 Å². The van der Waals surface area contributed by atoms with Crippen molar-refractivity contribution in [2.45, 2.75) is 4.90 Å². The number of hydrogen-bond donors (Lipinski definition) is 1. The van der Waals surface area contributed by atoms with Crippen LogP contribution in [0.5, 0.6) is 0 Å². The van der Waals surface area contributed by atoms with Crippen molar-refractivity contribution >= 4 is 38.8 Å². The Labute approximate surface area is 223 Å². The van der Waals surface area contributed by atoms with Crippen LogP contribution in [0.25, 0.3) is 5.70 Å². The molecular formula is C28H20N4O6S. The molecule has 11 heteroatoms. The molecule has 0 radical (unpaired) electrons.